The van der Waals surface area contributed by atoms with E-state index in [2.05, 4.69) is 19.2 Å². The number of amides is 1. The fraction of sp³-hybridized carbons (Fsp3) is 0.273. The maximum Gasteiger partial charge on any atom is 0.331 e. The van der Waals surface area contributed by atoms with Crippen molar-refractivity contribution < 1.29 is 14.3 Å². The van der Waals surface area contributed by atoms with Gasteiger partial charge in [0.25, 0.3) is 5.91 Å². The molecule has 0 saturated heterocycles. The lowest BCUT2D eigenvalue weighted by atomic mass is 9.98. The fourth-order valence-electron chi connectivity index (χ4n) is 2.54. The van der Waals surface area contributed by atoms with Crippen molar-refractivity contribution in [3.05, 3.63) is 70.8 Å². The number of hydrogen-bond acceptors (Lipinski definition) is 3. The normalized spacial score (nSPS) is 11.0. The van der Waals surface area contributed by atoms with Crippen LogP contribution in [0.2, 0.25) is 0 Å². The minimum Gasteiger partial charge on any atom is -0.452 e. The number of nitrogens with one attached hydrogen (secondary N) is 1. The molecule has 26 heavy (non-hydrogen) atoms. The topological polar surface area (TPSA) is 55.4 Å². The molecule has 2 rings (SSSR count). The number of ether oxygens (including phenoxy) is 1. The van der Waals surface area contributed by atoms with Gasteiger partial charge >= 0.3 is 5.97 Å². The summed E-state index contributed by atoms with van der Waals surface area (Å²) in [6.45, 7) is 7.76. The summed E-state index contributed by atoms with van der Waals surface area (Å²) in [4.78, 5) is 23.9. The summed E-state index contributed by atoms with van der Waals surface area (Å²) in [6.07, 6.45) is 2.99. The van der Waals surface area contributed by atoms with Gasteiger partial charge in [-0.1, -0.05) is 61.9 Å². The standard InChI is InChI=1S/C22H25NO3/c1-15(2)19-7-5-6-17(4)22(19)23-20(24)14-26-21(25)13-12-18-10-8-16(3)9-11-18/h5-13,15H,14H2,1-4H3,(H,23,24)/b13-12+. The molecule has 0 aliphatic rings. The largest absolute Gasteiger partial charge is 0.452 e. The molecule has 0 atom stereocenters. The number of anilines is 1. The van der Waals surface area contributed by atoms with Crippen molar-refractivity contribution in [1.29, 1.82) is 0 Å². The number of aryl methyl sites for hydroxylation is 2. The van der Waals surface area contributed by atoms with Crippen molar-refractivity contribution in [2.75, 3.05) is 11.9 Å². The Kier molecular flexibility index (Phi) is 6.73. The van der Waals surface area contributed by atoms with Gasteiger partial charge in [0.2, 0.25) is 0 Å². The Balaban J connectivity index is 1.91. The molecule has 0 radical (unpaired) electrons. The third kappa shape index (κ3) is 5.59. The fourth-order valence-corrected chi connectivity index (χ4v) is 2.54. The zero-order chi connectivity index (χ0) is 19.1. The second-order valence-electron chi connectivity index (χ2n) is 6.59. The molecule has 136 valence electrons. The van der Waals surface area contributed by atoms with Gasteiger partial charge in [0.15, 0.2) is 6.61 Å². The highest BCUT2D eigenvalue weighted by atomic mass is 16.5. The zero-order valence-electron chi connectivity index (χ0n) is 15.7. The molecule has 4 nitrogen and oxygen atoms in total. The molecule has 0 unspecified atom stereocenters. The second kappa shape index (κ2) is 8.99. The average Bonchev–Trinajstić information content (AvgIpc) is 2.61. The first kappa shape index (κ1) is 19.4. The smallest absolute Gasteiger partial charge is 0.331 e. The number of esters is 1. The number of benzene rings is 2. The van der Waals surface area contributed by atoms with Crippen molar-refractivity contribution in [3.8, 4) is 0 Å². The van der Waals surface area contributed by atoms with Crippen LogP contribution in [0.3, 0.4) is 0 Å². The number of para-hydroxylation sites is 1. The molecule has 2 aromatic rings. The van der Waals surface area contributed by atoms with E-state index in [-0.39, 0.29) is 18.4 Å². The van der Waals surface area contributed by atoms with Crippen LogP contribution in [0.5, 0.6) is 0 Å². The van der Waals surface area contributed by atoms with Gasteiger partial charge in [0, 0.05) is 11.8 Å². The van der Waals surface area contributed by atoms with Crippen LogP contribution in [0.25, 0.3) is 6.08 Å². The molecule has 0 aromatic heterocycles. The van der Waals surface area contributed by atoms with Gasteiger partial charge in [-0.05, 0) is 42.5 Å². The zero-order valence-corrected chi connectivity index (χ0v) is 15.7. The van der Waals surface area contributed by atoms with Gasteiger partial charge in [-0.2, -0.15) is 0 Å². The lowest BCUT2D eigenvalue weighted by molar-refractivity contribution is -0.142. The molecule has 0 fully saturated rings. The predicted octanol–water partition coefficient (Wildman–Crippen LogP) is 4.62. The Labute approximate surface area is 154 Å². The number of carbonyl (C=O) groups is 2. The van der Waals surface area contributed by atoms with E-state index in [0.29, 0.717) is 0 Å². The van der Waals surface area contributed by atoms with Gasteiger partial charge in [0.1, 0.15) is 0 Å². The molecular weight excluding hydrogens is 326 g/mol. The molecule has 0 aliphatic heterocycles. The highest BCUT2D eigenvalue weighted by molar-refractivity contribution is 5.95. The van der Waals surface area contributed by atoms with E-state index in [1.54, 1.807) is 6.08 Å². The Morgan fingerprint density at radius 3 is 2.42 bits per heavy atom. The minimum atomic E-state index is -0.547. The third-order valence-corrected chi connectivity index (χ3v) is 4.03. The first-order chi connectivity index (χ1) is 12.4. The van der Waals surface area contributed by atoms with E-state index in [9.17, 15) is 9.59 Å². The lowest BCUT2D eigenvalue weighted by Gasteiger charge is -2.16. The van der Waals surface area contributed by atoms with E-state index in [4.69, 9.17) is 4.74 Å². The molecule has 1 amide bonds. The Hall–Kier alpha value is -2.88. The number of carbonyl (C=O) groups excluding carboxylic acids is 2. The summed E-state index contributed by atoms with van der Waals surface area (Å²) in [7, 11) is 0. The second-order valence-corrected chi connectivity index (χ2v) is 6.59. The summed E-state index contributed by atoms with van der Waals surface area (Å²) in [5.74, 6) is -0.613. The molecule has 0 bridgehead atoms. The molecule has 1 N–H and O–H groups in total. The minimum absolute atomic E-state index is 0.283. The number of hydrogen-bond donors (Lipinski definition) is 1. The van der Waals surface area contributed by atoms with Gasteiger partial charge in [-0.15, -0.1) is 0 Å². The maximum absolute atomic E-state index is 12.1. The summed E-state index contributed by atoms with van der Waals surface area (Å²) in [5.41, 5.74) is 4.88. The molecule has 0 aliphatic carbocycles. The highest BCUT2D eigenvalue weighted by Crippen LogP contribution is 2.27. The molecule has 0 heterocycles. The van der Waals surface area contributed by atoms with E-state index in [1.165, 1.54) is 6.08 Å². The Morgan fingerprint density at radius 2 is 1.77 bits per heavy atom. The lowest BCUT2D eigenvalue weighted by Crippen LogP contribution is -2.21. The molecule has 0 spiro atoms. The molecule has 4 heteroatoms. The Bertz CT molecular complexity index is 805. The van der Waals surface area contributed by atoms with Crippen molar-refractivity contribution in [2.45, 2.75) is 33.6 Å². The first-order valence-electron chi connectivity index (χ1n) is 8.67. The van der Waals surface area contributed by atoms with Crippen molar-refractivity contribution >= 4 is 23.6 Å². The van der Waals surface area contributed by atoms with Crippen molar-refractivity contribution in [3.63, 3.8) is 0 Å². The van der Waals surface area contributed by atoms with Crippen LogP contribution < -0.4 is 5.32 Å². The van der Waals surface area contributed by atoms with Gasteiger partial charge < -0.3 is 10.1 Å². The average molecular weight is 351 g/mol. The summed E-state index contributed by atoms with van der Waals surface area (Å²) < 4.78 is 5.02. The van der Waals surface area contributed by atoms with Crippen LogP contribution in [0, 0.1) is 13.8 Å². The van der Waals surface area contributed by atoms with Crippen LogP contribution in [0.15, 0.2) is 48.5 Å². The SMILES string of the molecule is Cc1ccc(/C=C/C(=O)OCC(=O)Nc2c(C)cccc2C(C)C)cc1. The van der Waals surface area contributed by atoms with E-state index in [1.807, 2.05) is 56.3 Å². The van der Waals surface area contributed by atoms with Crippen LogP contribution in [0.1, 0.15) is 42.0 Å². The number of rotatable bonds is 6. The van der Waals surface area contributed by atoms with Crippen LogP contribution in [-0.2, 0) is 14.3 Å². The summed E-state index contributed by atoms with van der Waals surface area (Å²) in [5, 5.41) is 2.86. The van der Waals surface area contributed by atoms with Crippen LogP contribution in [0.4, 0.5) is 5.69 Å². The summed E-state index contributed by atoms with van der Waals surface area (Å²) in [6, 6.07) is 13.7. The van der Waals surface area contributed by atoms with Crippen molar-refractivity contribution in [2.24, 2.45) is 0 Å². The first-order valence-corrected chi connectivity index (χ1v) is 8.67. The van der Waals surface area contributed by atoms with Gasteiger partial charge in [0.05, 0.1) is 0 Å². The van der Waals surface area contributed by atoms with E-state index >= 15 is 0 Å². The van der Waals surface area contributed by atoms with Crippen molar-refractivity contribution in [1.82, 2.24) is 0 Å². The molecular formula is C22H25NO3. The summed E-state index contributed by atoms with van der Waals surface area (Å²) >= 11 is 0. The van der Waals surface area contributed by atoms with Crippen LogP contribution in [-0.4, -0.2) is 18.5 Å². The third-order valence-electron chi connectivity index (χ3n) is 4.03. The van der Waals surface area contributed by atoms with E-state index < -0.39 is 5.97 Å². The van der Waals surface area contributed by atoms with Crippen LogP contribution >= 0.6 is 0 Å². The quantitative estimate of drug-likeness (QED) is 0.610. The van der Waals surface area contributed by atoms with Gasteiger partial charge in [-0.25, -0.2) is 4.79 Å². The Morgan fingerprint density at radius 1 is 1.08 bits per heavy atom. The molecule has 2 aromatic carbocycles. The predicted molar refractivity (Wildman–Crippen MR) is 105 cm³/mol. The monoisotopic (exact) mass is 351 g/mol. The van der Waals surface area contributed by atoms with E-state index in [0.717, 1.165) is 27.9 Å². The van der Waals surface area contributed by atoms with Gasteiger partial charge in [-0.3, -0.25) is 4.79 Å². The maximum atomic E-state index is 12.1. The molecule has 0 saturated carbocycles. The highest BCUT2D eigenvalue weighted by Gasteiger charge is 2.13.